The van der Waals surface area contributed by atoms with Crippen LogP contribution in [-0.4, -0.2) is 117 Å². The summed E-state index contributed by atoms with van der Waals surface area (Å²) in [6, 6.07) is 23.3. The number of amides is 1. The van der Waals surface area contributed by atoms with Gasteiger partial charge in [-0.15, -0.1) is 10.2 Å². The van der Waals surface area contributed by atoms with Crippen LogP contribution in [0.2, 0.25) is 0 Å². The molecule has 0 aliphatic heterocycles. The van der Waals surface area contributed by atoms with Gasteiger partial charge < -0.3 is 46.3 Å². The fraction of sp³-hybridized carbons (Fsp3) is 0.300. The number of aliphatic hydroxyl groups excluding tert-OH is 2. The van der Waals surface area contributed by atoms with E-state index in [4.69, 9.17) is 25.5 Å². The third kappa shape index (κ3) is 14.6. The minimum Gasteiger partial charge on any atom is -0.478 e. The van der Waals surface area contributed by atoms with E-state index < -0.39 is 42.1 Å². The van der Waals surface area contributed by atoms with Crippen molar-refractivity contribution in [3.05, 3.63) is 116 Å². The number of fused-ring (bicyclic) bond motifs is 2. The van der Waals surface area contributed by atoms with Gasteiger partial charge in [-0.3, -0.25) is 4.79 Å². The fourth-order valence-corrected chi connectivity index (χ4v) is 6.22. The summed E-state index contributed by atoms with van der Waals surface area (Å²) in [5.41, 5.74) is 9.73. The van der Waals surface area contributed by atoms with Crippen LogP contribution in [0, 0.1) is 0 Å². The summed E-state index contributed by atoms with van der Waals surface area (Å²) in [5, 5.41) is 64.2. The summed E-state index contributed by atoms with van der Waals surface area (Å²) in [4.78, 5) is 47.6. The second kappa shape index (κ2) is 23.1. The quantitative estimate of drug-likeness (QED) is 0.0564. The zero-order valence-electron chi connectivity index (χ0n) is 32.8. The molecule has 19 nitrogen and oxygen atoms in total. The number of carbonyl (C=O) groups is 4. The van der Waals surface area contributed by atoms with Crippen LogP contribution in [-0.2, 0) is 31.9 Å². The topological polar surface area (TPSA) is 287 Å². The summed E-state index contributed by atoms with van der Waals surface area (Å²) >= 11 is 6.73. The van der Waals surface area contributed by atoms with Crippen LogP contribution in [0.25, 0.3) is 22.1 Å². The Morgan fingerprint density at radius 3 is 1.61 bits per heavy atom. The summed E-state index contributed by atoms with van der Waals surface area (Å²) in [7, 11) is 0. The molecule has 324 valence electrons. The van der Waals surface area contributed by atoms with Crippen LogP contribution < -0.4 is 11.1 Å². The number of rotatable bonds is 15. The Morgan fingerprint density at radius 1 is 0.689 bits per heavy atom. The Morgan fingerprint density at radius 2 is 1.13 bits per heavy atom. The van der Waals surface area contributed by atoms with Gasteiger partial charge in [-0.05, 0) is 115 Å². The number of hydrogen-bond acceptors (Lipinski definition) is 15. The van der Waals surface area contributed by atoms with E-state index in [0.717, 1.165) is 20.1 Å². The van der Waals surface area contributed by atoms with Crippen molar-refractivity contribution in [2.45, 2.75) is 63.8 Å². The Kier molecular flexibility index (Phi) is 18.1. The number of carboxylic acids is 1. The lowest BCUT2D eigenvalue weighted by Crippen LogP contribution is -2.41. The third-order valence-electron chi connectivity index (χ3n) is 8.66. The summed E-state index contributed by atoms with van der Waals surface area (Å²) < 4.78 is 11.5. The third-order valence-corrected chi connectivity index (χ3v) is 9.72. The van der Waals surface area contributed by atoms with Gasteiger partial charge in [0.1, 0.15) is 22.1 Å². The van der Waals surface area contributed by atoms with Crippen LogP contribution in [0.3, 0.4) is 0 Å². The van der Waals surface area contributed by atoms with E-state index in [9.17, 15) is 34.6 Å². The highest BCUT2D eigenvalue weighted by molar-refractivity contribution is 9.10. The molecule has 0 saturated carbocycles. The first-order valence-corrected chi connectivity index (χ1v) is 20.2. The molecular formula is C40H44Br2N8O11. The molecule has 0 unspecified atom stereocenters. The average molecular weight is 973 g/mol. The van der Waals surface area contributed by atoms with Gasteiger partial charge in [-0.1, -0.05) is 65.8 Å². The van der Waals surface area contributed by atoms with Gasteiger partial charge >= 0.3 is 17.9 Å². The molecule has 2 aromatic heterocycles. The minimum atomic E-state index is -1.36. The van der Waals surface area contributed by atoms with E-state index in [1.165, 1.54) is 24.3 Å². The highest BCUT2D eigenvalue weighted by Crippen LogP contribution is 2.17. The number of nitrogens with two attached hydrogens (primary N) is 1. The molecule has 61 heavy (non-hydrogen) atoms. The van der Waals surface area contributed by atoms with E-state index in [1.54, 1.807) is 26.0 Å². The van der Waals surface area contributed by atoms with E-state index in [0.29, 0.717) is 39.1 Å². The first kappa shape index (κ1) is 47.7. The van der Waals surface area contributed by atoms with Crippen molar-refractivity contribution in [1.29, 1.82) is 0 Å². The molecule has 4 aromatic carbocycles. The Labute approximate surface area is 365 Å². The highest BCUT2D eigenvalue weighted by atomic mass is 79.9. The van der Waals surface area contributed by atoms with Crippen LogP contribution >= 0.6 is 31.9 Å². The lowest BCUT2D eigenvalue weighted by molar-refractivity contribution is -0.154. The van der Waals surface area contributed by atoms with Gasteiger partial charge in [0.2, 0.25) is 0 Å². The average Bonchev–Trinajstić information content (AvgIpc) is 3.80. The molecule has 0 spiro atoms. The Hall–Kier alpha value is -6.00. The minimum absolute atomic E-state index is 0.0115. The van der Waals surface area contributed by atoms with Gasteiger partial charge in [0.05, 0.1) is 18.8 Å². The largest absolute Gasteiger partial charge is 0.478 e. The van der Waals surface area contributed by atoms with Gasteiger partial charge in [-0.25, -0.2) is 14.4 Å². The number of hydrogen-bond donors (Lipinski definition) is 7. The first-order valence-electron chi connectivity index (χ1n) is 18.7. The SMILES string of the molecule is CCOC(=O)[C@H](O)C[C@@H](Cc1ccc(Br)cc1)NC(=O)c1ccc2nnn(O)c2c1.CCOC(=O)[C@H](O)C[C@H](N)Cc1ccc(Br)cc1.O=C(O)c1ccc2nnn(O)c2c1. The molecule has 6 aromatic rings. The van der Waals surface area contributed by atoms with Gasteiger partial charge in [-0.2, -0.15) is 0 Å². The number of nitrogens with one attached hydrogen (secondary N) is 1. The van der Waals surface area contributed by atoms with Crippen molar-refractivity contribution in [3.63, 3.8) is 0 Å². The molecule has 0 aliphatic carbocycles. The number of ether oxygens (including phenoxy) is 2. The summed E-state index contributed by atoms with van der Waals surface area (Å²) in [5.74, 6) is -2.81. The monoisotopic (exact) mass is 970 g/mol. The number of nitrogens with zero attached hydrogens (tertiary/aromatic N) is 6. The number of carboxylic acid groups (broad SMARTS) is 1. The summed E-state index contributed by atoms with van der Waals surface area (Å²) in [6.07, 6.45) is -1.30. The maximum absolute atomic E-state index is 12.8. The van der Waals surface area contributed by atoms with Crippen LogP contribution in [0.4, 0.5) is 0 Å². The predicted molar refractivity (Wildman–Crippen MR) is 226 cm³/mol. The lowest BCUT2D eigenvalue weighted by atomic mass is 10.00. The number of halogens is 2. The van der Waals surface area contributed by atoms with Crippen LogP contribution in [0.15, 0.2) is 93.9 Å². The molecular weight excluding hydrogens is 928 g/mol. The second-order valence-corrected chi connectivity index (χ2v) is 15.1. The normalized spacial score (nSPS) is 12.8. The number of carbonyl (C=O) groups excluding carboxylic acids is 3. The molecule has 0 aliphatic rings. The van der Waals surface area contributed by atoms with Crippen molar-refractivity contribution in [2.24, 2.45) is 5.73 Å². The smallest absolute Gasteiger partial charge is 0.335 e. The molecule has 0 radical (unpaired) electrons. The molecule has 6 rings (SSSR count). The van der Waals surface area contributed by atoms with Gasteiger partial charge in [0.25, 0.3) is 5.91 Å². The molecule has 4 atom stereocenters. The second-order valence-electron chi connectivity index (χ2n) is 13.3. The van der Waals surface area contributed by atoms with E-state index in [1.807, 2.05) is 48.5 Å². The number of aromatic carboxylic acids is 1. The summed E-state index contributed by atoms with van der Waals surface area (Å²) in [6.45, 7) is 3.77. The highest BCUT2D eigenvalue weighted by Gasteiger charge is 2.24. The number of aromatic nitrogens is 6. The zero-order valence-corrected chi connectivity index (χ0v) is 36.0. The van der Waals surface area contributed by atoms with E-state index in [-0.39, 0.29) is 48.7 Å². The Balaban J connectivity index is 0.000000223. The number of aliphatic hydroxyl groups is 2. The van der Waals surface area contributed by atoms with Crippen LogP contribution in [0.1, 0.15) is 58.5 Å². The molecule has 8 N–H and O–H groups in total. The van der Waals surface area contributed by atoms with Gasteiger partial charge in [0.15, 0.2) is 12.2 Å². The van der Waals surface area contributed by atoms with Crippen molar-refractivity contribution < 1.29 is 54.4 Å². The molecule has 0 saturated heterocycles. The van der Waals surface area contributed by atoms with Gasteiger partial charge in [0, 0.05) is 33.0 Å². The van der Waals surface area contributed by atoms with E-state index >= 15 is 0 Å². The maximum atomic E-state index is 12.8. The number of esters is 2. The van der Waals surface area contributed by atoms with Crippen molar-refractivity contribution in [2.75, 3.05) is 13.2 Å². The lowest BCUT2D eigenvalue weighted by Gasteiger charge is -2.21. The van der Waals surface area contributed by atoms with E-state index in [2.05, 4.69) is 57.8 Å². The van der Waals surface area contributed by atoms with Crippen molar-refractivity contribution in [3.8, 4) is 0 Å². The van der Waals surface area contributed by atoms with Crippen molar-refractivity contribution in [1.82, 2.24) is 35.6 Å². The van der Waals surface area contributed by atoms with Crippen LogP contribution in [0.5, 0.6) is 0 Å². The Bertz CT molecular complexity index is 2390. The fourth-order valence-electron chi connectivity index (χ4n) is 5.69. The molecule has 1 amide bonds. The molecule has 0 bridgehead atoms. The predicted octanol–water partition coefficient (Wildman–Crippen LogP) is 4.09. The zero-order chi connectivity index (χ0) is 44.6. The molecule has 21 heteroatoms. The maximum Gasteiger partial charge on any atom is 0.335 e. The molecule has 2 heterocycles. The molecule has 0 fully saturated rings. The number of benzene rings is 4. The first-order chi connectivity index (χ1) is 29.1. The standard InChI is InChI=1S/C20H21BrN4O5.C13H18BrNO3.C7H5N3O3/c1-2-30-20(28)18(26)11-15(9-12-3-6-14(21)7-4-12)22-19(27)13-5-8-16-17(10-13)25(29)24-23-16;1-2-18-13(17)12(16)8-11(15)7-9-3-5-10(14)6-4-9;11-7(12)4-1-2-5-6(3-4)10(13)9-8-5/h3-8,10,15,18,26,29H,2,9,11H2,1H3,(H,22,27);3-6,11-12,16H,2,7-8,15H2,1H3;1-3,13H,(H,11,12)/t15-,18-;11-,12-;/m11./s1. The van der Waals surface area contributed by atoms with Crippen molar-refractivity contribution >= 4 is 77.7 Å².